The van der Waals surface area contributed by atoms with E-state index in [0.717, 1.165) is 40.1 Å². The van der Waals surface area contributed by atoms with Crippen molar-refractivity contribution in [3.05, 3.63) is 46.2 Å². The van der Waals surface area contributed by atoms with Crippen LogP contribution in [0.4, 0.5) is 14.5 Å². The predicted octanol–water partition coefficient (Wildman–Crippen LogP) is 5.75. The van der Waals surface area contributed by atoms with Crippen LogP contribution in [0.1, 0.15) is 45.5 Å². The third-order valence-electron chi connectivity index (χ3n) is 4.49. The maximum absolute atomic E-state index is 12.8. The number of fused-ring (bicyclic) bond motifs is 1. The molecule has 1 amide bonds. The highest BCUT2D eigenvalue weighted by Crippen LogP contribution is 2.40. The van der Waals surface area contributed by atoms with Gasteiger partial charge in [-0.05, 0) is 44.4 Å². The van der Waals surface area contributed by atoms with Gasteiger partial charge in [0.2, 0.25) is 0 Å². The van der Waals surface area contributed by atoms with Crippen LogP contribution in [-0.4, -0.2) is 21.6 Å². The van der Waals surface area contributed by atoms with E-state index in [-0.39, 0.29) is 5.91 Å². The summed E-state index contributed by atoms with van der Waals surface area (Å²) in [6.07, 6.45) is 2.22. The van der Waals surface area contributed by atoms with E-state index in [1.54, 1.807) is 24.3 Å². The Bertz CT molecular complexity index is 1030. The Morgan fingerprint density at radius 3 is 2.70 bits per heavy atom. The largest absolute Gasteiger partial charge is 0.320 e. The second kappa shape index (κ2) is 7.16. The quantitative estimate of drug-likeness (QED) is 0.549. The lowest BCUT2D eigenvalue weighted by Crippen LogP contribution is -2.12. The Kier molecular flexibility index (Phi) is 4.86. The Morgan fingerprint density at radius 1 is 1.26 bits per heavy atom. The molecule has 27 heavy (non-hydrogen) atoms. The minimum atomic E-state index is -2.55. The number of aromatic nitrogens is 2. The average molecular weight is 405 g/mol. The zero-order chi connectivity index (χ0) is 19.1. The summed E-state index contributed by atoms with van der Waals surface area (Å²) < 4.78 is 25.5. The van der Waals surface area contributed by atoms with Gasteiger partial charge in [-0.25, -0.2) is 9.97 Å². The van der Waals surface area contributed by atoms with Crippen LogP contribution in [0.3, 0.4) is 0 Å². The number of nitrogens with one attached hydrogen (secondary N) is 1. The van der Waals surface area contributed by atoms with Crippen molar-refractivity contribution in [2.75, 3.05) is 5.32 Å². The van der Waals surface area contributed by atoms with Gasteiger partial charge in [-0.15, -0.1) is 11.3 Å². The van der Waals surface area contributed by atoms with E-state index in [0.29, 0.717) is 33.1 Å². The molecule has 1 aliphatic carbocycles. The molecule has 0 radical (unpaired) electrons. The van der Waals surface area contributed by atoms with Crippen LogP contribution in [0.2, 0.25) is 0 Å². The number of nitrogens with zero attached hydrogens (tertiary/aromatic N) is 2. The molecule has 8 heteroatoms. The monoisotopic (exact) mass is 405 g/mol. The van der Waals surface area contributed by atoms with Gasteiger partial charge in [0, 0.05) is 16.2 Å². The van der Waals surface area contributed by atoms with Gasteiger partial charge in [-0.2, -0.15) is 8.78 Å². The summed E-state index contributed by atoms with van der Waals surface area (Å²) in [7, 11) is 0. The second-order valence-electron chi connectivity index (χ2n) is 6.51. The zero-order valence-corrected chi connectivity index (χ0v) is 16.4. The molecule has 1 N–H and O–H groups in total. The van der Waals surface area contributed by atoms with Crippen molar-refractivity contribution < 1.29 is 13.6 Å². The third kappa shape index (κ3) is 3.68. The number of hydrogen-bond donors (Lipinski definition) is 1. The maximum atomic E-state index is 12.8. The van der Waals surface area contributed by atoms with Crippen LogP contribution in [0.5, 0.6) is 0 Å². The van der Waals surface area contributed by atoms with Gasteiger partial charge in [-0.3, -0.25) is 4.79 Å². The summed E-state index contributed by atoms with van der Waals surface area (Å²) in [6.45, 7) is 3.81. The van der Waals surface area contributed by atoms with Crippen molar-refractivity contribution in [3.8, 4) is 0 Å². The van der Waals surface area contributed by atoms with Crippen LogP contribution in [0.25, 0.3) is 10.2 Å². The summed E-state index contributed by atoms with van der Waals surface area (Å²) in [5, 5.41) is 3.68. The standard InChI is InChI=1S/C19H17F2N3OS2/c1-9-14-10(2)22-16(11-7-8-11)24-18(14)27-15(9)17(25)23-12-5-3-4-6-13(12)26-19(20)21/h3-6,11,19H,7-8H2,1-2H3,(H,23,25). The molecule has 1 fully saturated rings. The first kappa shape index (κ1) is 18.3. The van der Waals surface area contributed by atoms with E-state index < -0.39 is 5.76 Å². The fraction of sp³-hybridized carbons (Fsp3) is 0.316. The van der Waals surface area contributed by atoms with E-state index in [9.17, 15) is 13.6 Å². The number of aryl methyl sites for hydroxylation is 2. The highest BCUT2D eigenvalue weighted by atomic mass is 32.2. The summed E-state index contributed by atoms with van der Waals surface area (Å²) in [6, 6.07) is 6.58. The van der Waals surface area contributed by atoms with Gasteiger partial charge in [0.25, 0.3) is 11.7 Å². The van der Waals surface area contributed by atoms with E-state index in [1.165, 1.54) is 11.3 Å². The van der Waals surface area contributed by atoms with Gasteiger partial charge >= 0.3 is 0 Å². The normalized spacial score (nSPS) is 14.1. The highest BCUT2D eigenvalue weighted by Gasteiger charge is 2.28. The first-order valence-electron chi connectivity index (χ1n) is 8.57. The molecule has 2 aromatic heterocycles. The Balaban J connectivity index is 1.67. The van der Waals surface area contributed by atoms with Crippen LogP contribution >= 0.6 is 23.1 Å². The first-order valence-corrected chi connectivity index (χ1v) is 10.3. The number of hydrogen-bond acceptors (Lipinski definition) is 5. The molecule has 0 aliphatic heterocycles. The minimum absolute atomic E-state index is 0.315. The van der Waals surface area contributed by atoms with Crippen molar-refractivity contribution in [1.29, 1.82) is 0 Å². The smallest absolute Gasteiger partial charge is 0.288 e. The maximum Gasteiger partial charge on any atom is 0.288 e. The number of rotatable bonds is 5. The number of anilines is 1. The number of carbonyl (C=O) groups excluding carboxylic acids is 1. The van der Waals surface area contributed by atoms with Gasteiger partial charge in [0.05, 0.1) is 16.3 Å². The summed E-state index contributed by atoms with van der Waals surface area (Å²) in [5.41, 5.74) is 2.08. The van der Waals surface area contributed by atoms with Gasteiger partial charge in [0.1, 0.15) is 10.7 Å². The topological polar surface area (TPSA) is 54.9 Å². The molecule has 140 valence electrons. The van der Waals surface area contributed by atoms with Crippen LogP contribution in [0, 0.1) is 13.8 Å². The SMILES string of the molecule is Cc1nc(C2CC2)nc2sc(C(=O)Nc3ccccc3SC(F)F)c(C)c12. The number of benzene rings is 1. The molecular formula is C19H17F2N3OS2. The Hall–Kier alpha value is -2.06. The van der Waals surface area contributed by atoms with Crippen molar-refractivity contribution in [2.45, 2.75) is 43.3 Å². The van der Waals surface area contributed by atoms with Gasteiger partial charge < -0.3 is 5.32 Å². The summed E-state index contributed by atoms with van der Waals surface area (Å²) in [4.78, 5) is 23.8. The lowest BCUT2D eigenvalue weighted by molar-refractivity contribution is 0.103. The lowest BCUT2D eigenvalue weighted by atomic mass is 10.1. The highest BCUT2D eigenvalue weighted by molar-refractivity contribution is 7.99. The van der Waals surface area contributed by atoms with E-state index >= 15 is 0 Å². The molecular weight excluding hydrogens is 388 g/mol. The molecule has 0 bridgehead atoms. The number of alkyl halides is 2. The molecule has 0 spiro atoms. The number of thioether (sulfide) groups is 1. The van der Waals surface area contributed by atoms with Crippen molar-refractivity contribution in [2.24, 2.45) is 0 Å². The number of thiophene rings is 1. The summed E-state index contributed by atoms with van der Waals surface area (Å²) in [5.74, 6) is -1.57. The molecule has 0 saturated heterocycles. The molecule has 4 nitrogen and oxygen atoms in total. The molecule has 1 aromatic carbocycles. The molecule has 2 heterocycles. The molecule has 1 aliphatic rings. The van der Waals surface area contributed by atoms with E-state index in [4.69, 9.17) is 0 Å². The van der Waals surface area contributed by atoms with E-state index in [2.05, 4.69) is 15.3 Å². The average Bonchev–Trinajstić information content (AvgIpc) is 3.40. The Labute approximate surface area is 163 Å². The molecule has 1 saturated carbocycles. The fourth-order valence-electron chi connectivity index (χ4n) is 3.05. The Morgan fingerprint density at radius 2 is 2.00 bits per heavy atom. The second-order valence-corrected chi connectivity index (χ2v) is 8.54. The van der Waals surface area contributed by atoms with Crippen LogP contribution in [-0.2, 0) is 0 Å². The summed E-state index contributed by atoms with van der Waals surface area (Å²) >= 11 is 1.75. The zero-order valence-electron chi connectivity index (χ0n) is 14.8. The van der Waals surface area contributed by atoms with Crippen molar-refractivity contribution in [1.82, 2.24) is 9.97 Å². The molecule has 4 rings (SSSR count). The number of amides is 1. The molecule has 0 unspecified atom stereocenters. The molecule has 3 aromatic rings. The van der Waals surface area contributed by atoms with Crippen LogP contribution in [0.15, 0.2) is 29.2 Å². The van der Waals surface area contributed by atoms with Gasteiger partial charge in [0.15, 0.2) is 0 Å². The first-order chi connectivity index (χ1) is 12.9. The van der Waals surface area contributed by atoms with Crippen molar-refractivity contribution >= 4 is 44.9 Å². The number of carbonyl (C=O) groups is 1. The van der Waals surface area contributed by atoms with Crippen molar-refractivity contribution in [3.63, 3.8) is 0 Å². The molecule has 0 atom stereocenters. The lowest BCUT2D eigenvalue weighted by Gasteiger charge is -2.10. The minimum Gasteiger partial charge on any atom is -0.320 e. The number of halogens is 2. The third-order valence-corrected chi connectivity index (χ3v) is 6.46. The van der Waals surface area contributed by atoms with Gasteiger partial charge in [-0.1, -0.05) is 23.9 Å². The van der Waals surface area contributed by atoms with E-state index in [1.807, 2.05) is 13.8 Å². The fourth-order valence-corrected chi connectivity index (χ4v) is 4.78. The number of para-hydroxylation sites is 1. The van der Waals surface area contributed by atoms with Crippen LogP contribution < -0.4 is 5.32 Å². The predicted molar refractivity (Wildman–Crippen MR) is 105 cm³/mol.